The molecule has 16 heavy (non-hydrogen) atoms. The highest BCUT2D eigenvalue weighted by Crippen LogP contribution is 2.22. The summed E-state index contributed by atoms with van der Waals surface area (Å²) in [5.41, 5.74) is 0.629. The fraction of sp³-hybridized carbons (Fsp3) is 0.600. The maximum Gasteiger partial charge on any atom is 0.258 e. The van der Waals surface area contributed by atoms with Gasteiger partial charge in [0.2, 0.25) is 0 Å². The first kappa shape index (κ1) is 11.5. The summed E-state index contributed by atoms with van der Waals surface area (Å²) in [6.07, 6.45) is 3.81. The molecule has 0 unspecified atom stereocenters. The van der Waals surface area contributed by atoms with Gasteiger partial charge < -0.3 is 10.0 Å². The highest BCUT2D eigenvalue weighted by Gasteiger charge is 2.27. The van der Waals surface area contributed by atoms with Crippen molar-refractivity contribution >= 4 is 17.7 Å². The molecule has 1 amide bonds. The molecule has 1 atom stereocenters. The van der Waals surface area contributed by atoms with E-state index in [0.717, 1.165) is 5.03 Å². The van der Waals surface area contributed by atoms with Crippen LogP contribution in [-0.2, 0) is 7.05 Å². The van der Waals surface area contributed by atoms with Crippen molar-refractivity contribution in [2.75, 3.05) is 19.3 Å². The van der Waals surface area contributed by atoms with Gasteiger partial charge in [0.25, 0.3) is 5.91 Å². The number of hydrogen-bond donors (Lipinski definition) is 1. The molecule has 88 valence electrons. The minimum atomic E-state index is -0.377. The molecule has 1 fully saturated rings. The zero-order valence-corrected chi connectivity index (χ0v) is 10.2. The van der Waals surface area contributed by atoms with Crippen molar-refractivity contribution in [3.8, 4) is 0 Å². The van der Waals surface area contributed by atoms with Crippen LogP contribution in [0.2, 0.25) is 0 Å². The Labute approximate surface area is 98.4 Å². The third-order valence-corrected chi connectivity index (χ3v) is 3.63. The van der Waals surface area contributed by atoms with Gasteiger partial charge in [-0.2, -0.15) is 5.10 Å². The lowest BCUT2D eigenvalue weighted by molar-refractivity contribution is 0.0761. The molecule has 1 saturated heterocycles. The van der Waals surface area contributed by atoms with Gasteiger partial charge in [-0.1, -0.05) is 0 Å². The first-order chi connectivity index (χ1) is 7.63. The molecule has 1 aromatic heterocycles. The lowest BCUT2D eigenvalue weighted by Crippen LogP contribution is -2.29. The highest BCUT2D eigenvalue weighted by atomic mass is 32.2. The van der Waals surface area contributed by atoms with Crippen molar-refractivity contribution in [2.24, 2.45) is 7.05 Å². The van der Waals surface area contributed by atoms with E-state index in [4.69, 9.17) is 0 Å². The molecule has 2 heterocycles. The average Bonchev–Trinajstić information content (AvgIpc) is 2.83. The van der Waals surface area contributed by atoms with Crippen LogP contribution in [0.3, 0.4) is 0 Å². The summed E-state index contributed by atoms with van der Waals surface area (Å²) in [5, 5.41) is 14.4. The van der Waals surface area contributed by atoms with Gasteiger partial charge in [0.15, 0.2) is 0 Å². The van der Waals surface area contributed by atoms with Gasteiger partial charge in [-0.25, -0.2) is 0 Å². The van der Waals surface area contributed by atoms with Gasteiger partial charge in [0.1, 0.15) is 5.03 Å². The van der Waals surface area contributed by atoms with Crippen LogP contribution in [0, 0.1) is 0 Å². The van der Waals surface area contributed by atoms with Gasteiger partial charge >= 0.3 is 0 Å². The lowest BCUT2D eigenvalue weighted by atomic mass is 10.3. The van der Waals surface area contributed by atoms with Gasteiger partial charge in [0.05, 0.1) is 17.9 Å². The summed E-state index contributed by atoms with van der Waals surface area (Å²) in [5.74, 6) is -0.0333. The monoisotopic (exact) mass is 241 g/mol. The lowest BCUT2D eigenvalue weighted by Gasteiger charge is -2.15. The van der Waals surface area contributed by atoms with Gasteiger partial charge in [-0.05, 0) is 12.7 Å². The maximum absolute atomic E-state index is 12.1. The largest absolute Gasteiger partial charge is 0.391 e. The number of amides is 1. The number of nitrogens with zero attached hydrogens (tertiary/aromatic N) is 3. The van der Waals surface area contributed by atoms with E-state index in [1.807, 2.05) is 13.3 Å². The van der Waals surface area contributed by atoms with Crippen LogP contribution in [0.4, 0.5) is 0 Å². The smallest absolute Gasteiger partial charge is 0.258 e. The summed E-state index contributed by atoms with van der Waals surface area (Å²) in [6.45, 7) is 1.06. The Morgan fingerprint density at radius 1 is 1.69 bits per heavy atom. The molecular weight excluding hydrogens is 226 g/mol. The van der Waals surface area contributed by atoms with Gasteiger partial charge in [0, 0.05) is 20.1 Å². The predicted molar refractivity (Wildman–Crippen MR) is 61.5 cm³/mol. The zero-order chi connectivity index (χ0) is 11.7. The Bertz CT molecular complexity index is 405. The molecule has 1 aliphatic rings. The predicted octanol–water partition coefficient (Wildman–Crippen LogP) is 0.349. The fourth-order valence-corrected chi connectivity index (χ4v) is 2.58. The number of β-amino-alcohol motifs (C(OH)–C–C–N with tert-alkyl or cyclic N) is 1. The normalized spacial score (nSPS) is 20.4. The third-order valence-electron chi connectivity index (χ3n) is 2.76. The minimum Gasteiger partial charge on any atom is -0.391 e. The summed E-state index contributed by atoms with van der Waals surface area (Å²) in [4.78, 5) is 13.8. The number of likely N-dealkylation sites (tertiary alicyclic amines) is 1. The minimum absolute atomic E-state index is 0.0333. The summed E-state index contributed by atoms with van der Waals surface area (Å²) < 4.78 is 1.70. The Kier molecular flexibility index (Phi) is 3.20. The van der Waals surface area contributed by atoms with Gasteiger partial charge in [-0.3, -0.25) is 9.48 Å². The van der Waals surface area contributed by atoms with E-state index in [1.54, 1.807) is 15.8 Å². The molecule has 5 nitrogen and oxygen atoms in total. The van der Waals surface area contributed by atoms with E-state index in [1.165, 1.54) is 11.8 Å². The van der Waals surface area contributed by atoms with Crippen molar-refractivity contribution in [1.29, 1.82) is 0 Å². The van der Waals surface area contributed by atoms with Crippen LogP contribution in [0.25, 0.3) is 0 Å². The first-order valence-electron chi connectivity index (χ1n) is 5.16. The first-order valence-corrected chi connectivity index (χ1v) is 6.39. The maximum atomic E-state index is 12.1. The molecular formula is C10H15N3O2S. The second-order valence-electron chi connectivity index (χ2n) is 3.88. The highest BCUT2D eigenvalue weighted by molar-refractivity contribution is 7.98. The molecule has 0 aliphatic carbocycles. The molecule has 6 heteroatoms. The third kappa shape index (κ3) is 1.94. The molecule has 1 aliphatic heterocycles. The number of aliphatic hydroxyl groups excluding tert-OH is 1. The number of thioether (sulfide) groups is 1. The fourth-order valence-electron chi connectivity index (χ4n) is 1.91. The van der Waals surface area contributed by atoms with E-state index in [-0.39, 0.29) is 12.0 Å². The zero-order valence-electron chi connectivity index (χ0n) is 9.38. The Hall–Kier alpha value is -1.01. The molecule has 0 radical (unpaired) electrons. The van der Waals surface area contributed by atoms with Crippen LogP contribution in [0.1, 0.15) is 16.8 Å². The van der Waals surface area contributed by atoms with Crippen LogP contribution >= 0.6 is 11.8 Å². The molecule has 1 aromatic rings. The Balaban J connectivity index is 2.20. The quantitative estimate of drug-likeness (QED) is 0.759. The molecule has 0 bridgehead atoms. The van der Waals surface area contributed by atoms with E-state index < -0.39 is 0 Å². The van der Waals surface area contributed by atoms with E-state index in [2.05, 4.69) is 5.10 Å². The molecule has 0 spiro atoms. The molecule has 1 N–H and O–H groups in total. The second-order valence-corrected chi connectivity index (χ2v) is 4.68. The number of hydrogen-bond acceptors (Lipinski definition) is 4. The van der Waals surface area contributed by atoms with E-state index in [9.17, 15) is 9.90 Å². The number of aliphatic hydroxyl groups is 1. The van der Waals surface area contributed by atoms with Crippen LogP contribution in [0.15, 0.2) is 11.2 Å². The molecule has 2 rings (SSSR count). The van der Waals surface area contributed by atoms with Crippen molar-refractivity contribution < 1.29 is 9.90 Å². The number of carbonyl (C=O) groups is 1. The molecule has 0 aromatic carbocycles. The van der Waals surface area contributed by atoms with Crippen molar-refractivity contribution in [1.82, 2.24) is 14.7 Å². The second kappa shape index (κ2) is 4.47. The Morgan fingerprint density at radius 3 is 3.00 bits per heavy atom. The molecule has 0 saturated carbocycles. The standard InChI is InChI=1S/C10H15N3O2S/c1-12-10(16-2)8(5-11-12)9(15)13-4-3-7(14)6-13/h5,7,14H,3-4,6H2,1-2H3/t7-/m0/s1. The van der Waals surface area contributed by atoms with E-state index >= 15 is 0 Å². The van der Waals surface area contributed by atoms with Gasteiger partial charge in [-0.15, -0.1) is 11.8 Å². The van der Waals surface area contributed by atoms with Crippen molar-refractivity contribution in [3.05, 3.63) is 11.8 Å². The topological polar surface area (TPSA) is 58.4 Å². The number of aryl methyl sites for hydroxylation is 1. The number of rotatable bonds is 2. The van der Waals surface area contributed by atoms with Crippen LogP contribution in [-0.4, -0.2) is 51.1 Å². The summed E-state index contributed by atoms with van der Waals surface area (Å²) in [7, 11) is 1.82. The SMILES string of the molecule is CSc1c(C(=O)N2CC[C@H](O)C2)cnn1C. The number of carbonyl (C=O) groups excluding carboxylic acids is 1. The van der Waals surface area contributed by atoms with E-state index in [0.29, 0.717) is 25.1 Å². The van der Waals surface area contributed by atoms with Crippen LogP contribution < -0.4 is 0 Å². The van der Waals surface area contributed by atoms with Crippen molar-refractivity contribution in [3.63, 3.8) is 0 Å². The van der Waals surface area contributed by atoms with Crippen molar-refractivity contribution in [2.45, 2.75) is 17.6 Å². The summed E-state index contributed by atoms with van der Waals surface area (Å²) >= 11 is 1.51. The average molecular weight is 241 g/mol. The van der Waals surface area contributed by atoms with Crippen LogP contribution in [0.5, 0.6) is 0 Å². The Morgan fingerprint density at radius 2 is 2.44 bits per heavy atom. The summed E-state index contributed by atoms with van der Waals surface area (Å²) in [6, 6.07) is 0. The number of aromatic nitrogens is 2.